The third-order valence-electron chi connectivity index (χ3n) is 3.45. The second kappa shape index (κ2) is 6.51. The van der Waals surface area contributed by atoms with Gasteiger partial charge < -0.3 is 15.4 Å². The first-order valence-electron chi connectivity index (χ1n) is 7.11. The van der Waals surface area contributed by atoms with Crippen LogP contribution < -0.4 is 10.6 Å². The predicted molar refractivity (Wildman–Crippen MR) is 78.3 cm³/mol. The molecular weight excluding hydrogens is 309 g/mol. The molecule has 0 saturated carbocycles. The number of anilines is 2. The molecule has 1 saturated heterocycles. The predicted octanol–water partition coefficient (Wildman–Crippen LogP) is 2.90. The number of aromatic nitrogens is 2. The fraction of sp³-hybridized carbons (Fsp3) is 0.333. The Labute approximate surface area is 130 Å². The largest absolute Gasteiger partial charge is 0.419 e. The van der Waals surface area contributed by atoms with Gasteiger partial charge in [0.15, 0.2) is 0 Å². The van der Waals surface area contributed by atoms with Gasteiger partial charge in [-0.1, -0.05) is 12.1 Å². The SMILES string of the molecule is FC(F)(F)c1cnc(Nc2ccc([C@H]3CNCCO3)cc2)nc1. The van der Waals surface area contributed by atoms with E-state index >= 15 is 0 Å². The first-order chi connectivity index (χ1) is 11.0. The molecule has 1 aliphatic rings. The number of halogens is 3. The van der Waals surface area contributed by atoms with Crippen LogP contribution in [0.15, 0.2) is 36.7 Å². The van der Waals surface area contributed by atoms with Crippen LogP contribution in [0.2, 0.25) is 0 Å². The van der Waals surface area contributed by atoms with Crippen LogP contribution in [0, 0.1) is 0 Å². The highest BCUT2D eigenvalue weighted by molar-refractivity contribution is 5.53. The van der Waals surface area contributed by atoms with Gasteiger partial charge in [-0.2, -0.15) is 13.2 Å². The molecule has 1 aliphatic heterocycles. The van der Waals surface area contributed by atoms with Gasteiger partial charge in [-0.3, -0.25) is 0 Å². The van der Waals surface area contributed by atoms with Crippen molar-refractivity contribution in [3.63, 3.8) is 0 Å². The van der Waals surface area contributed by atoms with Crippen LogP contribution in [0.3, 0.4) is 0 Å². The summed E-state index contributed by atoms with van der Waals surface area (Å²) in [6.45, 7) is 2.28. The van der Waals surface area contributed by atoms with Gasteiger partial charge in [0.05, 0.1) is 18.3 Å². The van der Waals surface area contributed by atoms with Crippen LogP contribution in [-0.4, -0.2) is 29.7 Å². The molecule has 1 aromatic carbocycles. The van der Waals surface area contributed by atoms with Crippen LogP contribution in [0.4, 0.5) is 24.8 Å². The summed E-state index contributed by atoms with van der Waals surface area (Å²) in [7, 11) is 0. The number of nitrogens with zero attached hydrogens (tertiary/aromatic N) is 2. The number of alkyl halides is 3. The molecule has 8 heteroatoms. The van der Waals surface area contributed by atoms with Crippen molar-refractivity contribution >= 4 is 11.6 Å². The molecule has 1 fully saturated rings. The normalized spacial score (nSPS) is 18.7. The van der Waals surface area contributed by atoms with Gasteiger partial charge in [0.2, 0.25) is 5.95 Å². The molecule has 1 aromatic heterocycles. The van der Waals surface area contributed by atoms with Gasteiger partial charge in [0, 0.05) is 31.2 Å². The topological polar surface area (TPSA) is 59.1 Å². The first-order valence-corrected chi connectivity index (χ1v) is 7.11. The summed E-state index contributed by atoms with van der Waals surface area (Å²) >= 11 is 0. The zero-order valence-corrected chi connectivity index (χ0v) is 12.1. The fourth-order valence-corrected chi connectivity index (χ4v) is 2.23. The molecule has 2 heterocycles. The molecule has 0 radical (unpaired) electrons. The number of nitrogens with one attached hydrogen (secondary N) is 2. The lowest BCUT2D eigenvalue weighted by molar-refractivity contribution is -0.138. The highest BCUT2D eigenvalue weighted by Crippen LogP contribution is 2.28. The Morgan fingerprint density at radius 1 is 1.13 bits per heavy atom. The van der Waals surface area contributed by atoms with E-state index in [-0.39, 0.29) is 12.1 Å². The molecule has 122 valence electrons. The summed E-state index contributed by atoms with van der Waals surface area (Å²) in [5, 5.41) is 6.12. The molecule has 0 amide bonds. The maximum absolute atomic E-state index is 12.5. The minimum absolute atomic E-state index is 0.0140. The van der Waals surface area contributed by atoms with E-state index in [0.717, 1.165) is 31.0 Å². The first kappa shape index (κ1) is 15.7. The van der Waals surface area contributed by atoms with Crippen LogP contribution in [-0.2, 0) is 10.9 Å². The average Bonchev–Trinajstić information content (AvgIpc) is 2.56. The molecule has 3 rings (SSSR count). The minimum atomic E-state index is -4.44. The standard InChI is InChI=1S/C15H15F3N4O/c16-15(17,18)11-7-20-14(21-8-11)22-12-3-1-10(2-4-12)13-9-19-5-6-23-13/h1-4,7-8,13,19H,5-6,9H2,(H,20,21,22)/t13-/m1/s1. The Morgan fingerprint density at radius 2 is 1.83 bits per heavy atom. The van der Waals surface area contributed by atoms with Crippen molar-refractivity contribution in [1.82, 2.24) is 15.3 Å². The highest BCUT2D eigenvalue weighted by atomic mass is 19.4. The van der Waals surface area contributed by atoms with Crippen molar-refractivity contribution < 1.29 is 17.9 Å². The van der Waals surface area contributed by atoms with Gasteiger partial charge in [-0.15, -0.1) is 0 Å². The van der Waals surface area contributed by atoms with Gasteiger partial charge in [0.25, 0.3) is 0 Å². The van der Waals surface area contributed by atoms with E-state index in [9.17, 15) is 13.2 Å². The summed E-state index contributed by atoms with van der Waals surface area (Å²) in [6, 6.07) is 7.44. The number of benzene rings is 1. The summed E-state index contributed by atoms with van der Waals surface area (Å²) < 4.78 is 43.0. The van der Waals surface area contributed by atoms with E-state index < -0.39 is 11.7 Å². The maximum atomic E-state index is 12.5. The molecule has 0 bridgehead atoms. The summed E-state index contributed by atoms with van der Waals surface area (Å²) in [6.07, 6.45) is -2.91. The van der Waals surface area contributed by atoms with E-state index in [1.165, 1.54) is 0 Å². The van der Waals surface area contributed by atoms with Crippen molar-refractivity contribution in [2.24, 2.45) is 0 Å². The van der Waals surface area contributed by atoms with E-state index in [2.05, 4.69) is 20.6 Å². The Bertz CT molecular complexity index is 637. The Kier molecular flexibility index (Phi) is 4.44. The van der Waals surface area contributed by atoms with E-state index in [1.54, 1.807) is 0 Å². The van der Waals surface area contributed by atoms with E-state index in [4.69, 9.17) is 4.74 Å². The van der Waals surface area contributed by atoms with Crippen molar-refractivity contribution in [2.75, 3.05) is 25.0 Å². The summed E-state index contributed by atoms with van der Waals surface area (Å²) in [5.41, 5.74) is 0.855. The number of morpholine rings is 1. The molecule has 23 heavy (non-hydrogen) atoms. The molecule has 5 nitrogen and oxygen atoms in total. The molecule has 2 N–H and O–H groups in total. The van der Waals surface area contributed by atoms with Crippen molar-refractivity contribution in [2.45, 2.75) is 12.3 Å². The zero-order valence-electron chi connectivity index (χ0n) is 12.1. The maximum Gasteiger partial charge on any atom is 0.419 e. The summed E-state index contributed by atoms with van der Waals surface area (Å²) in [5.74, 6) is 0.112. The fourth-order valence-electron chi connectivity index (χ4n) is 2.23. The molecule has 2 aromatic rings. The number of hydrogen-bond acceptors (Lipinski definition) is 5. The third kappa shape index (κ3) is 3.96. The van der Waals surface area contributed by atoms with E-state index in [0.29, 0.717) is 12.3 Å². The van der Waals surface area contributed by atoms with Crippen LogP contribution >= 0.6 is 0 Å². The molecule has 0 spiro atoms. The zero-order chi connectivity index (χ0) is 16.3. The van der Waals surface area contributed by atoms with Crippen molar-refractivity contribution in [3.05, 3.63) is 47.8 Å². The van der Waals surface area contributed by atoms with Crippen LogP contribution in [0.25, 0.3) is 0 Å². The lowest BCUT2D eigenvalue weighted by atomic mass is 10.1. The highest BCUT2D eigenvalue weighted by Gasteiger charge is 2.31. The minimum Gasteiger partial charge on any atom is -0.371 e. The van der Waals surface area contributed by atoms with Gasteiger partial charge in [0.1, 0.15) is 0 Å². The number of hydrogen-bond donors (Lipinski definition) is 2. The Hall–Kier alpha value is -2.19. The number of ether oxygens (including phenoxy) is 1. The second-order valence-corrected chi connectivity index (χ2v) is 5.10. The van der Waals surface area contributed by atoms with E-state index in [1.807, 2.05) is 24.3 Å². The lowest BCUT2D eigenvalue weighted by Gasteiger charge is -2.24. The van der Waals surface area contributed by atoms with Crippen LogP contribution in [0.1, 0.15) is 17.2 Å². The third-order valence-corrected chi connectivity index (χ3v) is 3.45. The Morgan fingerprint density at radius 3 is 2.39 bits per heavy atom. The quantitative estimate of drug-likeness (QED) is 0.909. The van der Waals surface area contributed by atoms with Gasteiger partial charge >= 0.3 is 6.18 Å². The van der Waals surface area contributed by atoms with Crippen LogP contribution in [0.5, 0.6) is 0 Å². The van der Waals surface area contributed by atoms with Gasteiger partial charge in [-0.05, 0) is 17.7 Å². The van der Waals surface area contributed by atoms with Gasteiger partial charge in [-0.25, -0.2) is 9.97 Å². The Balaban J connectivity index is 1.66. The van der Waals surface area contributed by atoms with Crippen molar-refractivity contribution in [1.29, 1.82) is 0 Å². The van der Waals surface area contributed by atoms with Crippen molar-refractivity contribution in [3.8, 4) is 0 Å². The summed E-state index contributed by atoms with van der Waals surface area (Å²) in [4.78, 5) is 7.35. The molecule has 0 aliphatic carbocycles. The smallest absolute Gasteiger partial charge is 0.371 e. The molecular formula is C15H15F3N4O. The second-order valence-electron chi connectivity index (χ2n) is 5.10. The average molecular weight is 324 g/mol. The monoisotopic (exact) mass is 324 g/mol. The lowest BCUT2D eigenvalue weighted by Crippen LogP contribution is -2.33. The number of rotatable bonds is 3. The molecule has 0 unspecified atom stereocenters. The molecule has 1 atom stereocenters.